The molecule has 26 heavy (non-hydrogen) atoms. The summed E-state index contributed by atoms with van der Waals surface area (Å²) in [5, 5.41) is 0. The lowest BCUT2D eigenvalue weighted by atomic mass is 10.1. The third-order valence-corrected chi connectivity index (χ3v) is 5.70. The minimum atomic E-state index is 0.0898. The summed E-state index contributed by atoms with van der Waals surface area (Å²) in [5.74, 6) is 0. The highest BCUT2D eigenvalue weighted by Crippen LogP contribution is 2.30. The molecule has 0 amide bonds. The lowest BCUT2D eigenvalue weighted by Crippen LogP contribution is -2.38. The minimum absolute atomic E-state index is 0.0898. The molecule has 0 N–H and O–H groups in total. The van der Waals surface area contributed by atoms with Crippen LogP contribution in [0.5, 0.6) is 0 Å². The smallest absolute Gasteiger partial charge is 0.276 e. The van der Waals surface area contributed by atoms with Gasteiger partial charge in [0.15, 0.2) is 0 Å². The fourth-order valence-corrected chi connectivity index (χ4v) is 4.18. The number of hydrogen-bond acceptors (Lipinski definition) is 2. The molecule has 136 valence electrons. The fraction of sp³-hybridized carbons (Fsp3) is 0.381. The number of nitrogens with zero attached hydrogens (tertiary/aromatic N) is 4. The van der Waals surface area contributed by atoms with Crippen molar-refractivity contribution in [3.8, 4) is 5.69 Å². The van der Waals surface area contributed by atoms with Crippen molar-refractivity contribution in [3.63, 3.8) is 0 Å². The van der Waals surface area contributed by atoms with Gasteiger partial charge in [-0.3, -0.25) is 14.4 Å². The summed E-state index contributed by atoms with van der Waals surface area (Å²) >= 11 is 0. The number of fused-ring (bicyclic) bond motifs is 1. The predicted molar refractivity (Wildman–Crippen MR) is 104 cm³/mol. The molecule has 1 aliphatic heterocycles. The van der Waals surface area contributed by atoms with Gasteiger partial charge in [0.2, 0.25) is 0 Å². The third-order valence-electron chi connectivity index (χ3n) is 5.70. The second-order valence-corrected chi connectivity index (χ2v) is 7.06. The van der Waals surface area contributed by atoms with Crippen LogP contribution in [0.2, 0.25) is 0 Å². The minimum Gasteiger partial charge on any atom is -0.349 e. The van der Waals surface area contributed by atoms with Gasteiger partial charge in [0, 0.05) is 44.3 Å². The zero-order chi connectivity index (χ0) is 18.3. The van der Waals surface area contributed by atoms with E-state index < -0.39 is 0 Å². The summed E-state index contributed by atoms with van der Waals surface area (Å²) in [6, 6.07) is 14.6. The van der Waals surface area contributed by atoms with Crippen molar-refractivity contribution in [1.82, 2.24) is 18.8 Å². The molecule has 5 heteroatoms. The standard InChI is InChI=1S/C21H26N4O/c1-4-19-20-11-8-12-23(20)13-14-24(19)15-18-16(2)22(3)25(21(18)26)17-9-6-5-7-10-17/h5-12,19H,4,13-15H2,1-3H3. The maximum Gasteiger partial charge on any atom is 0.276 e. The van der Waals surface area contributed by atoms with E-state index in [1.807, 2.05) is 49.0 Å². The van der Waals surface area contributed by atoms with Crippen LogP contribution in [0.25, 0.3) is 5.69 Å². The van der Waals surface area contributed by atoms with Crippen molar-refractivity contribution < 1.29 is 0 Å². The van der Waals surface area contributed by atoms with Crippen LogP contribution in [0.15, 0.2) is 53.5 Å². The SMILES string of the molecule is CCC1c2cccn2CCN1Cc1c(C)n(C)n(-c2ccccc2)c1=O. The Hall–Kier alpha value is -2.53. The van der Waals surface area contributed by atoms with Crippen molar-refractivity contribution >= 4 is 0 Å². The maximum absolute atomic E-state index is 13.2. The first-order valence-electron chi connectivity index (χ1n) is 9.33. The highest BCUT2D eigenvalue weighted by atomic mass is 16.1. The van der Waals surface area contributed by atoms with Crippen LogP contribution in [-0.2, 0) is 20.1 Å². The molecule has 2 aromatic heterocycles. The van der Waals surface area contributed by atoms with E-state index in [1.54, 1.807) is 4.68 Å². The molecule has 0 fully saturated rings. The maximum atomic E-state index is 13.2. The van der Waals surface area contributed by atoms with Crippen LogP contribution in [0.4, 0.5) is 0 Å². The second-order valence-electron chi connectivity index (χ2n) is 7.06. The molecule has 0 spiro atoms. The predicted octanol–water partition coefficient (Wildman–Crippen LogP) is 3.25. The van der Waals surface area contributed by atoms with Gasteiger partial charge >= 0.3 is 0 Å². The molecule has 1 unspecified atom stereocenters. The number of rotatable bonds is 4. The van der Waals surface area contributed by atoms with E-state index in [1.165, 1.54) is 5.69 Å². The van der Waals surface area contributed by atoms with Crippen LogP contribution < -0.4 is 5.56 Å². The monoisotopic (exact) mass is 350 g/mol. The van der Waals surface area contributed by atoms with E-state index in [2.05, 4.69) is 34.7 Å². The van der Waals surface area contributed by atoms with Crippen molar-refractivity contribution in [2.75, 3.05) is 6.54 Å². The first kappa shape index (κ1) is 16.9. The summed E-state index contributed by atoms with van der Waals surface area (Å²) in [6.07, 6.45) is 3.20. The normalized spacial score (nSPS) is 17.4. The number of benzene rings is 1. The molecule has 3 aromatic rings. The van der Waals surface area contributed by atoms with Crippen LogP contribution in [0, 0.1) is 6.92 Å². The number of hydrogen-bond donors (Lipinski definition) is 0. The van der Waals surface area contributed by atoms with Gasteiger partial charge in [0.1, 0.15) is 0 Å². The molecule has 0 aliphatic carbocycles. The molecule has 4 rings (SSSR count). The summed E-state index contributed by atoms with van der Waals surface area (Å²) in [6.45, 7) is 6.92. The lowest BCUT2D eigenvalue weighted by molar-refractivity contribution is 0.143. The summed E-state index contributed by atoms with van der Waals surface area (Å²) in [4.78, 5) is 15.6. The van der Waals surface area contributed by atoms with Crippen LogP contribution in [0.1, 0.15) is 36.3 Å². The zero-order valence-electron chi connectivity index (χ0n) is 15.7. The Labute approximate surface area is 154 Å². The molecule has 5 nitrogen and oxygen atoms in total. The molecule has 1 aliphatic rings. The van der Waals surface area contributed by atoms with E-state index in [9.17, 15) is 4.79 Å². The van der Waals surface area contributed by atoms with Gasteiger partial charge in [-0.05, 0) is 37.6 Å². The molecule has 0 saturated carbocycles. The average molecular weight is 350 g/mol. The van der Waals surface area contributed by atoms with Crippen LogP contribution in [-0.4, -0.2) is 25.4 Å². The Bertz CT molecular complexity index is 964. The Morgan fingerprint density at radius 3 is 2.58 bits per heavy atom. The highest BCUT2D eigenvalue weighted by molar-refractivity contribution is 5.33. The first-order valence-corrected chi connectivity index (χ1v) is 9.33. The van der Waals surface area contributed by atoms with Gasteiger partial charge in [0.05, 0.1) is 17.3 Å². The summed E-state index contributed by atoms with van der Waals surface area (Å²) in [7, 11) is 1.96. The van der Waals surface area contributed by atoms with Gasteiger partial charge in [-0.25, -0.2) is 4.68 Å². The Kier molecular flexibility index (Phi) is 4.32. The van der Waals surface area contributed by atoms with Crippen molar-refractivity contribution in [1.29, 1.82) is 0 Å². The van der Waals surface area contributed by atoms with Gasteiger partial charge in [-0.1, -0.05) is 25.1 Å². The highest BCUT2D eigenvalue weighted by Gasteiger charge is 2.28. The molecular formula is C21H26N4O. The van der Waals surface area contributed by atoms with Crippen LogP contribution >= 0.6 is 0 Å². The fourth-order valence-electron chi connectivity index (χ4n) is 4.18. The quantitative estimate of drug-likeness (QED) is 0.724. The Morgan fingerprint density at radius 1 is 1.08 bits per heavy atom. The van der Waals surface area contributed by atoms with Gasteiger partial charge in [-0.15, -0.1) is 0 Å². The van der Waals surface area contributed by atoms with Gasteiger partial charge in [0.25, 0.3) is 5.56 Å². The molecule has 0 saturated heterocycles. The summed E-state index contributed by atoms with van der Waals surface area (Å²) < 4.78 is 6.09. The van der Waals surface area contributed by atoms with Gasteiger partial charge in [-0.2, -0.15) is 0 Å². The molecule has 0 bridgehead atoms. The number of aromatic nitrogens is 3. The Balaban J connectivity index is 1.71. The van der Waals surface area contributed by atoms with Crippen LogP contribution in [0.3, 0.4) is 0 Å². The topological polar surface area (TPSA) is 35.1 Å². The zero-order valence-corrected chi connectivity index (χ0v) is 15.7. The average Bonchev–Trinajstić information content (AvgIpc) is 3.21. The van der Waals surface area contributed by atoms with Crippen molar-refractivity contribution in [2.24, 2.45) is 7.05 Å². The van der Waals surface area contributed by atoms with Crippen molar-refractivity contribution in [3.05, 3.63) is 76.0 Å². The van der Waals surface area contributed by atoms with Gasteiger partial charge < -0.3 is 4.57 Å². The molecule has 3 heterocycles. The molecular weight excluding hydrogens is 324 g/mol. The van der Waals surface area contributed by atoms with E-state index >= 15 is 0 Å². The Morgan fingerprint density at radius 2 is 1.85 bits per heavy atom. The molecule has 0 radical (unpaired) electrons. The van der Waals surface area contributed by atoms with E-state index in [0.717, 1.165) is 36.5 Å². The first-order chi connectivity index (χ1) is 12.6. The molecule has 1 aromatic carbocycles. The largest absolute Gasteiger partial charge is 0.349 e. The molecule has 1 atom stereocenters. The van der Waals surface area contributed by atoms with E-state index in [0.29, 0.717) is 12.6 Å². The summed E-state index contributed by atoms with van der Waals surface area (Å²) in [5.41, 5.74) is 4.29. The number of para-hydroxylation sites is 1. The third kappa shape index (κ3) is 2.63. The second kappa shape index (κ2) is 6.65. The van der Waals surface area contributed by atoms with Crippen molar-refractivity contribution in [2.45, 2.75) is 39.4 Å². The van der Waals surface area contributed by atoms with E-state index in [-0.39, 0.29) is 5.56 Å². The lowest BCUT2D eigenvalue weighted by Gasteiger charge is -2.36. The van der Waals surface area contributed by atoms with E-state index in [4.69, 9.17) is 0 Å².